The number of sulfonamides is 1. The van der Waals surface area contributed by atoms with Crippen LogP contribution in [0, 0.1) is 0 Å². The van der Waals surface area contributed by atoms with Crippen LogP contribution in [0.3, 0.4) is 0 Å². The van der Waals surface area contributed by atoms with E-state index in [0.717, 1.165) is 40.7 Å². The van der Waals surface area contributed by atoms with Crippen LogP contribution in [0.5, 0.6) is 0 Å². The monoisotopic (exact) mass is 423 g/mol. The highest BCUT2D eigenvalue weighted by Crippen LogP contribution is 2.31. The topological polar surface area (TPSA) is 118 Å². The summed E-state index contributed by atoms with van der Waals surface area (Å²) in [7, 11) is -2.10. The molecule has 0 saturated carbocycles. The Morgan fingerprint density at radius 1 is 1.03 bits per heavy atom. The number of amides is 2. The predicted molar refractivity (Wildman–Crippen MR) is 114 cm³/mol. The number of hydrogen-bond donors (Lipinski definition) is 2. The smallest absolute Gasteiger partial charge is 0.320 e. The average Bonchev–Trinajstić information content (AvgIpc) is 2.78. The number of urea groups is 1. The summed E-state index contributed by atoms with van der Waals surface area (Å²) in [6, 6.07) is 10.1. The van der Waals surface area contributed by atoms with Gasteiger partial charge < -0.3 is 5.73 Å². The fourth-order valence-corrected chi connectivity index (χ4v) is 4.27. The molecule has 0 fully saturated rings. The molecular formula is C21H21N5O3S. The van der Waals surface area contributed by atoms with Crippen molar-refractivity contribution in [3.05, 3.63) is 60.6 Å². The summed E-state index contributed by atoms with van der Waals surface area (Å²) < 4.78 is 26.1. The molecule has 3 aromatic rings. The normalized spacial score (nSPS) is 13.7. The third kappa shape index (κ3) is 3.77. The van der Waals surface area contributed by atoms with Gasteiger partial charge in [0.15, 0.2) is 0 Å². The Hall–Kier alpha value is -3.30. The lowest BCUT2D eigenvalue weighted by Gasteiger charge is -2.26. The van der Waals surface area contributed by atoms with Crippen molar-refractivity contribution in [2.75, 3.05) is 18.5 Å². The third-order valence-electron chi connectivity index (χ3n) is 5.13. The number of pyridine rings is 2. The highest BCUT2D eigenvalue weighted by atomic mass is 32.2. The summed E-state index contributed by atoms with van der Waals surface area (Å²) in [6.45, 7) is 0.574. The highest BCUT2D eigenvalue weighted by Gasteiger charge is 2.22. The number of hydrogen-bond acceptors (Lipinski definition) is 5. The minimum absolute atomic E-state index is 0.204. The standard InChI is InChI=1S/C21H21N5O3S/c1-23-30(28,29)19-6-4-14(5-7-19)16-10-17(12-24-11-16)18-9-15-3-2-8-26(21(22)27)20(15)25-13-18/h4-7,9-13,23H,2-3,8H2,1H3,(H2,22,27). The molecule has 0 atom stereocenters. The molecule has 154 valence electrons. The summed E-state index contributed by atoms with van der Waals surface area (Å²) in [4.78, 5) is 22.1. The fourth-order valence-electron chi connectivity index (χ4n) is 3.54. The van der Waals surface area contributed by atoms with Crippen LogP contribution in [-0.4, -0.2) is 38.0 Å². The Labute approximate surface area is 174 Å². The quantitative estimate of drug-likeness (QED) is 0.669. The van der Waals surface area contributed by atoms with Crippen molar-refractivity contribution in [2.24, 2.45) is 5.73 Å². The Balaban J connectivity index is 1.67. The number of fused-ring (bicyclic) bond motifs is 1. The van der Waals surface area contributed by atoms with Crippen molar-refractivity contribution in [2.45, 2.75) is 17.7 Å². The van der Waals surface area contributed by atoms with Crippen molar-refractivity contribution in [1.29, 1.82) is 0 Å². The van der Waals surface area contributed by atoms with Gasteiger partial charge in [-0.1, -0.05) is 12.1 Å². The van der Waals surface area contributed by atoms with Crippen molar-refractivity contribution >= 4 is 21.9 Å². The number of carbonyl (C=O) groups is 1. The molecular weight excluding hydrogens is 402 g/mol. The molecule has 9 heteroatoms. The van der Waals surface area contributed by atoms with Gasteiger partial charge in [-0.05, 0) is 55.3 Å². The maximum Gasteiger partial charge on any atom is 0.320 e. The van der Waals surface area contributed by atoms with E-state index in [4.69, 9.17) is 5.73 Å². The van der Waals surface area contributed by atoms with E-state index in [1.165, 1.54) is 11.9 Å². The first kappa shape index (κ1) is 20.0. The number of nitrogens with two attached hydrogens (primary N) is 1. The maximum atomic E-state index is 11.9. The van der Waals surface area contributed by atoms with E-state index < -0.39 is 16.1 Å². The zero-order valence-corrected chi connectivity index (χ0v) is 17.2. The number of aryl methyl sites for hydroxylation is 1. The van der Waals surface area contributed by atoms with Gasteiger partial charge in [-0.3, -0.25) is 9.88 Å². The van der Waals surface area contributed by atoms with Crippen molar-refractivity contribution < 1.29 is 13.2 Å². The number of rotatable bonds is 4. The number of primary amides is 1. The SMILES string of the molecule is CNS(=O)(=O)c1ccc(-c2cncc(-c3cnc4c(c3)CCCN4C(N)=O)c2)cc1. The molecule has 0 aliphatic carbocycles. The molecule has 0 spiro atoms. The largest absolute Gasteiger partial charge is 0.351 e. The van der Waals surface area contributed by atoms with Gasteiger partial charge in [-0.25, -0.2) is 22.9 Å². The summed E-state index contributed by atoms with van der Waals surface area (Å²) in [5, 5.41) is 0. The molecule has 4 rings (SSSR count). The van der Waals surface area contributed by atoms with Gasteiger partial charge in [0.1, 0.15) is 5.82 Å². The second-order valence-electron chi connectivity index (χ2n) is 6.99. The van der Waals surface area contributed by atoms with Gasteiger partial charge in [0.25, 0.3) is 0 Å². The maximum absolute atomic E-state index is 11.9. The van der Waals surface area contributed by atoms with Crippen LogP contribution in [0.4, 0.5) is 10.6 Å². The first-order valence-corrected chi connectivity index (χ1v) is 10.9. The molecule has 2 aromatic heterocycles. The first-order valence-electron chi connectivity index (χ1n) is 9.44. The average molecular weight is 423 g/mol. The van der Waals surface area contributed by atoms with E-state index in [0.29, 0.717) is 12.4 Å². The van der Waals surface area contributed by atoms with Gasteiger partial charge in [0.2, 0.25) is 10.0 Å². The molecule has 0 unspecified atom stereocenters. The summed E-state index contributed by atoms with van der Waals surface area (Å²) in [6.07, 6.45) is 6.85. The van der Waals surface area contributed by atoms with Crippen LogP contribution in [0.15, 0.2) is 59.9 Å². The molecule has 3 N–H and O–H groups in total. The van der Waals surface area contributed by atoms with Gasteiger partial charge in [-0.2, -0.15) is 0 Å². The van der Waals surface area contributed by atoms with E-state index in [-0.39, 0.29) is 4.90 Å². The van der Waals surface area contributed by atoms with Gasteiger partial charge >= 0.3 is 6.03 Å². The van der Waals surface area contributed by atoms with E-state index in [1.807, 2.05) is 12.1 Å². The zero-order chi connectivity index (χ0) is 21.3. The Morgan fingerprint density at radius 3 is 2.37 bits per heavy atom. The van der Waals surface area contributed by atoms with Crippen LogP contribution < -0.4 is 15.4 Å². The molecule has 1 aliphatic heterocycles. The number of aromatic nitrogens is 2. The van der Waals surface area contributed by atoms with E-state index in [9.17, 15) is 13.2 Å². The number of benzene rings is 1. The van der Waals surface area contributed by atoms with Gasteiger partial charge in [-0.15, -0.1) is 0 Å². The molecule has 8 nitrogen and oxygen atoms in total. The van der Waals surface area contributed by atoms with Crippen LogP contribution in [0.1, 0.15) is 12.0 Å². The lowest BCUT2D eigenvalue weighted by molar-refractivity contribution is 0.253. The highest BCUT2D eigenvalue weighted by molar-refractivity contribution is 7.89. The summed E-state index contributed by atoms with van der Waals surface area (Å²) >= 11 is 0. The van der Waals surface area contributed by atoms with Crippen molar-refractivity contribution in [3.8, 4) is 22.3 Å². The molecule has 0 bridgehead atoms. The van der Waals surface area contributed by atoms with Crippen LogP contribution in [0.2, 0.25) is 0 Å². The molecule has 3 heterocycles. The fraction of sp³-hybridized carbons (Fsp3) is 0.190. The molecule has 2 amide bonds. The number of anilines is 1. The third-order valence-corrected chi connectivity index (χ3v) is 6.56. The number of nitrogens with zero attached hydrogens (tertiary/aromatic N) is 3. The van der Waals surface area contributed by atoms with E-state index in [2.05, 4.69) is 14.7 Å². The van der Waals surface area contributed by atoms with Gasteiger partial charge in [0.05, 0.1) is 4.90 Å². The Kier molecular flexibility index (Phi) is 5.23. The Morgan fingerprint density at radius 2 is 1.70 bits per heavy atom. The molecule has 0 saturated heterocycles. The van der Waals surface area contributed by atoms with Gasteiger partial charge in [0, 0.05) is 41.8 Å². The van der Waals surface area contributed by atoms with Crippen molar-refractivity contribution in [3.63, 3.8) is 0 Å². The van der Waals surface area contributed by atoms with E-state index >= 15 is 0 Å². The molecule has 1 aliphatic rings. The molecule has 0 radical (unpaired) electrons. The summed E-state index contributed by atoms with van der Waals surface area (Å²) in [5.41, 5.74) is 9.92. The number of nitrogens with one attached hydrogen (secondary N) is 1. The molecule has 1 aromatic carbocycles. The summed E-state index contributed by atoms with van der Waals surface area (Å²) in [5.74, 6) is 0.614. The van der Waals surface area contributed by atoms with Crippen LogP contribution >= 0.6 is 0 Å². The number of carbonyl (C=O) groups excluding carboxylic acids is 1. The van der Waals surface area contributed by atoms with Crippen molar-refractivity contribution in [1.82, 2.24) is 14.7 Å². The second-order valence-corrected chi connectivity index (χ2v) is 8.88. The van der Waals surface area contributed by atoms with Crippen LogP contribution in [-0.2, 0) is 16.4 Å². The lowest BCUT2D eigenvalue weighted by Crippen LogP contribution is -2.40. The minimum atomic E-state index is -3.48. The minimum Gasteiger partial charge on any atom is -0.351 e. The first-order chi connectivity index (χ1) is 14.4. The Bertz CT molecular complexity index is 1210. The zero-order valence-electron chi connectivity index (χ0n) is 16.4. The predicted octanol–water partition coefficient (Wildman–Crippen LogP) is 2.55. The van der Waals surface area contributed by atoms with Crippen LogP contribution in [0.25, 0.3) is 22.3 Å². The second kappa shape index (κ2) is 7.85. The van der Waals surface area contributed by atoms with E-state index in [1.54, 1.807) is 42.9 Å². The molecule has 30 heavy (non-hydrogen) atoms. The lowest BCUT2D eigenvalue weighted by atomic mass is 9.99.